The molecule has 138 valence electrons. The lowest BCUT2D eigenvalue weighted by Gasteiger charge is -2.20. The minimum Gasteiger partial charge on any atom is -0.350 e. The fraction of sp³-hybridized carbons (Fsp3) is 0.190. The molecule has 0 bridgehead atoms. The monoisotopic (exact) mass is 380 g/mol. The van der Waals surface area contributed by atoms with E-state index in [9.17, 15) is 4.79 Å². The van der Waals surface area contributed by atoms with Crippen molar-refractivity contribution in [2.24, 2.45) is 0 Å². The minimum atomic E-state index is -0.0843. The van der Waals surface area contributed by atoms with Crippen LogP contribution in [0.2, 0.25) is 5.02 Å². The van der Waals surface area contributed by atoms with Gasteiger partial charge in [-0.2, -0.15) is 0 Å². The van der Waals surface area contributed by atoms with Crippen molar-refractivity contribution in [3.63, 3.8) is 0 Å². The highest BCUT2D eigenvalue weighted by molar-refractivity contribution is 6.31. The van der Waals surface area contributed by atoms with Gasteiger partial charge in [-0.05, 0) is 24.1 Å². The molecule has 0 atom stereocenters. The Labute approximate surface area is 164 Å². The summed E-state index contributed by atoms with van der Waals surface area (Å²) in [6, 6.07) is 17.5. The maximum Gasteiger partial charge on any atom is 0.257 e. The van der Waals surface area contributed by atoms with Gasteiger partial charge in [-0.15, -0.1) is 0 Å². The van der Waals surface area contributed by atoms with Crippen LogP contribution >= 0.6 is 11.6 Å². The van der Waals surface area contributed by atoms with Gasteiger partial charge >= 0.3 is 0 Å². The van der Waals surface area contributed by atoms with Crippen LogP contribution in [0.15, 0.2) is 67.0 Å². The highest BCUT2D eigenvalue weighted by Gasteiger charge is 2.15. The van der Waals surface area contributed by atoms with Crippen LogP contribution in [0, 0.1) is 0 Å². The lowest BCUT2D eigenvalue weighted by Crippen LogP contribution is -2.30. The molecule has 1 heterocycles. The summed E-state index contributed by atoms with van der Waals surface area (Å²) < 4.78 is 0. The zero-order valence-corrected chi connectivity index (χ0v) is 15.9. The number of aromatic nitrogens is 2. The van der Waals surface area contributed by atoms with Crippen molar-refractivity contribution in [1.82, 2.24) is 14.9 Å². The van der Waals surface area contributed by atoms with E-state index < -0.39 is 0 Å². The Kier molecular flexibility index (Phi) is 6.39. The standard InChI is InChI=1S/C21H21ClN4O/c1-2-26(15-16-8-4-3-5-9-16)20(27)18-13-24-21(25-14-18)23-12-17-10-6-7-11-19(17)22/h3-11,13-14H,2,12,15H2,1H3,(H,23,24,25). The first-order valence-corrected chi connectivity index (χ1v) is 9.17. The van der Waals surface area contributed by atoms with Gasteiger partial charge in [0.1, 0.15) is 0 Å². The van der Waals surface area contributed by atoms with Gasteiger partial charge in [-0.3, -0.25) is 4.79 Å². The molecule has 0 aliphatic carbocycles. The number of carbonyl (C=O) groups excluding carboxylic acids is 1. The van der Waals surface area contributed by atoms with Crippen LogP contribution in [0.4, 0.5) is 5.95 Å². The zero-order chi connectivity index (χ0) is 19.1. The van der Waals surface area contributed by atoms with Gasteiger partial charge in [0.15, 0.2) is 0 Å². The van der Waals surface area contributed by atoms with Crippen LogP contribution < -0.4 is 5.32 Å². The summed E-state index contributed by atoms with van der Waals surface area (Å²) in [5.41, 5.74) is 2.52. The number of hydrogen-bond acceptors (Lipinski definition) is 4. The Morgan fingerprint density at radius 3 is 2.37 bits per heavy atom. The molecule has 2 aromatic carbocycles. The lowest BCUT2D eigenvalue weighted by atomic mass is 10.2. The average molecular weight is 381 g/mol. The summed E-state index contributed by atoms with van der Waals surface area (Å²) in [5.74, 6) is 0.372. The van der Waals surface area contributed by atoms with Crippen LogP contribution in [0.1, 0.15) is 28.4 Å². The first-order valence-electron chi connectivity index (χ1n) is 8.80. The van der Waals surface area contributed by atoms with Crippen molar-refractivity contribution in [3.8, 4) is 0 Å². The van der Waals surface area contributed by atoms with Gasteiger partial charge in [0, 0.05) is 37.1 Å². The molecule has 0 aliphatic rings. The van der Waals surface area contributed by atoms with Crippen LogP contribution in [-0.4, -0.2) is 27.3 Å². The molecule has 5 nitrogen and oxygen atoms in total. The second kappa shape index (κ2) is 9.14. The van der Waals surface area contributed by atoms with Gasteiger partial charge in [0.2, 0.25) is 5.95 Å². The molecule has 3 aromatic rings. The van der Waals surface area contributed by atoms with Crippen LogP contribution in [0.3, 0.4) is 0 Å². The van der Waals surface area contributed by atoms with E-state index in [1.807, 2.05) is 61.5 Å². The summed E-state index contributed by atoms with van der Waals surface area (Å²) in [5, 5.41) is 3.81. The van der Waals surface area contributed by atoms with E-state index in [0.29, 0.717) is 36.2 Å². The molecule has 1 amide bonds. The van der Waals surface area contributed by atoms with Crippen molar-refractivity contribution in [1.29, 1.82) is 0 Å². The SMILES string of the molecule is CCN(Cc1ccccc1)C(=O)c1cnc(NCc2ccccc2Cl)nc1. The number of nitrogens with zero attached hydrogens (tertiary/aromatic N) is 3. The van der Waals surface area contributed by atoms with E-state index in [0.717, 1.165) is 11.1 Å². The fourth-order valence-electron chi connectivity index (χ4n) is 2.66. The van der Waals surface area contributed by atoms with E-state index in [4.69, 9.17) is 11.6 Å². The summed E-state index contributed by atoms with van der Waals surface area (Å²) in [6.45, 7) is 3.65. The van der Waals surface area contributed by atoms with Gasteiger partial charge in [-0.25, -0.2) is 9.97 Å². The highest BCUT2D eigenvalue weighted by Crippen LogP contribution is 2.16. The van der Waals surface area contributed by atoms with E-state index in [-0.39, 0.29) is 5.91 Å². The van der Waals surface area contributed by atoms with E-state index in [1.54, 1.807) is 17.3 Å². The molecule has 0 unspecified atom stereocenters. The van der Waals surface area contributed by atoms with Crippen molar-refractivity contribution in [2.45, 2.75) is 20.0 Å². The van der Waals surface area contributed by atoms with Crippen molar-refractivity contribution in [2.75, 3.05) is 11.9 Å². The Morgan fingerprint density at radius 2 is 1.70 bits per heavy atom. The molecule has 1 N–H and O–H groups in total. The predicted octanol–water partition coefficient (Wildman–Crippen LogP) is 4.40. The molecule has 0 fully saturated rings. The Bertz CT molecular complexity index is 884. The molecule has 1 aromatic heterocycles. The first kappa shape index (κ1) is 18.9. The van der Waals surface area contributed by atoms with E-state index >= 15 is 0 Å². The third-order valence-electron chi connectivity index (χ3n) is 4.18. The average Bonchev–Trinajstić information content (AvgIpc) is 2.72. The third kappa shape index (κ3) is 5.05. The number of amides is 1. The molecule has 0 radical (unpaired) electrons. The van der Waals surface area contributed by atoms with Crippen LogP contribution in [0.25, 0.3) is 0 Å². The Balaban J connectivity index is 1.63. The summed E-state index contributed by atoms with van der Waals surface area (Å²) in [4.78, 5) is 23.0. The van der Waals surface area contributed by atoms with Crippen molar-refractivity contribution >= 4 is 23.5 Å². The molecule has 3 rings (SSSR count). The molecule has 27 heavy (non-hydrogen) atoms. The molecule has 0 aliphatic heterocycles. The number of carbonyl (C=O) groups is 1. The largest absolute Gasteiger partial charge is 0.350 e. The lowest BCUT2D eigenvalue weighted by molar-refractivity contribution is 0.0751. The number of halogens is 1. The smallest absolute Gasteiger partial charge is 0.257 e. The normalized spacial score (nSPS) is 10.4. The van der Waals surface area contributed by atoms with E-state index in [1.165, 1.54) is 0 Å². The minimum absolute atomic E-state index is 0.0843. The van der Waals surface area contributed by atoms with Gasteiger partial charge in [0.05, 0.1) is 5.56 Å². The van der Waals surface area contributed by atoms with Crippen molar-refractivity contribution in [3.05, 3.63) is 88.7 Å². The topological polar surface area (TPSA) is 58.1 Å². The Morgan fingerprint density at radius 1 is 1.04 bits per heavy atom. The zero-order valence-electron chi connectivity index (χ0n) is 15.1. The quantitative estimate of drug-likeness (QED) is 0.659. The highest BCUT2D eigenvalue weighted by atomic mass is 35.5. The number of rotatable bonds is 7. The van der Waals surface area contributed by atoms with Gasteiger partial charge < -0.3 is 10.2 Å². The molecule has 6 heteroatoms. The molecule has 0 saturated carbocycles. The Hall–Kier alpha value is -2.92. The maximum absolute atomic E-state index is 12.7. The van der Waals surface area contributed by atoms with E-state index in [2.05, 4.69) is 15.3 Å². The number of hydrogen-bond donors (Lipinski definition) is 1. The van der Waals surface area contributed by atoms with Crippen LogP contribution in [0.5, 0.6) is 0 Å². The second-order valence-corrected chi connectivity index (χ2v) is 6.45. The van der Waals surface area contributed by atoms with Gasteiger partial charge in [-0.1, -0.05) is 60.1 Å². The number of anilines is 1. The third-order valence-corrected chi connectivity index (χ3v) is 4.55. The summed E-state index contributed by atoms with van der Waals surface area (Å²) >= 11 is 6.14. The first-order chi connectivity index (χ1) is 13.2. The summed E-state index contributed by atoms with van der Waals surface area (Å²) in [7, 11) is 0. The molecule has 0 saturated heterocycles. The molecular weight excluding hydrogens is 360 g/mol. The fourth-order valence-corrected chi connectivity index (χ4v) is 2.86. The number of benzene rings is 2. The second-order valence-electron chi connectivity index (χ2n) is 6.05. The van der Waals surface area contributed by atoms with Crippen molar-refractivity contribution < 1.29 is 4.79 Å². The van der Waals surface area contributed by atoms with Gasteiger partial charge in [0.25, 0.3) is 5.91 Å². The summed E-state index contributed by atoms with van der Waals surface area (Å²) in [6.07, 6.45) is 3.11. The molecule has 0 spiro atoms. The molecular formula is C21H21ClN4O. The number of nitrogens with one attached hydrogen (secondary N) is 1. The maximum atomic E-state index is 12.7. The van der Waals surface area contributed by atoms with Crippen LogP contribution in [-0.2, 0) is 13.1 Å². The predicted molar refractivity (Wildman–Crippen MR) is 108 cm³/mol.